The van der Waals surface area contributed by atoms with E-state index >= 15 is 0 Å². The van der Waals surface area contributed by atoms with Crippen LogP contribution in [0.1, 0.15) is 33.1 Å². The molecule has 4 nitrogen and oxygen atoms in total. The molecule has 2 N–H and O–H groups in total. The van der Waals surface area contributed by atoms with Crippen molar-refractivity contribution in [2.45, 2.75) is 33.1 Å². The van der Waals surface area contributed by atoms with Crippen LogP contribution < -0.4 is 10.6 Å². The van der Waals surface area contributed by atoms with Gasteiger partial charge in [-0.05, 0) is 6.54 Å². The largest absolute Gasteiger partial charge is 0.355 e. The molecular weight excluding hydrogens is 180 g/mol. The van der Waals surface area contributed by atoms with Gasteiger partial charge in [-0.25, -0.2) is 0 Å². The predicted molar refractivity (Wildman–Crippen MR) is 56.1 cm³/mol. The van der Waals surface area contributed by atoms with Crippen molar-refractivity contribution in [3.8, 4) is 0 Å². The van der Waals surface area contributed by atoms with Gasteiger partial charge in [0, 0.05) is 32.4 Å². The fourth-order valence-corrected chi connectivity index (χ4v) is 0.985. The molecular formula is C10H20N2O2. The highest BCUT2D eigenvalue weighted by atomic mass is 16.2. The molecule has 0 aliphatic rings. The van der Waals surface area contributed by atoms with Gasteiger partial charge in [0.15, 0.2) is 0 Å². The van der Waals surface area contributed by atoms with E-state index in [2.05, 4.69) is 10.6 Å². The Morgan fingerprint density at radius 2 is 1.79 bits per heavy atom. The molecule has 0 bridgehead atoms. The predicted octanol–water partition coefficient (Wildman–Crippen LogP) is 0.471. The van der Waals surface area contributed by atoms with E-state index in [1.165, 1.54) is 0 Å². The van der Waals surface area contributed by atoms with Crippen molar-refractivity contribution >= 4 is 11.7 Å². The maximum absolute atomic E-state index is 11.1. The summed E-state index contributed by atoms with van der Waals surface area (Å²) in [6, 6.07) is 0. The lowest BCUT2D eigenvalue weighted by atomic mass is 10.2. The van der Waals surface area contributed by atoms with Crippen molar-refractivity contribution in [1.29, 1.82) is 0 Å². The zero-order valence-corrected chi connectivity index (χ0v) is 9.06. The van der Waals surface area contributed by atoms with Crippen LogP contribution in [0.5, 0.6) is 0 Å². The Kier molecular flexibility index (Phi) is 8.13. The van der Waals surface area contributed by atoms with Gasteiger partial charge in [0.1, 0.15) is 5.78 Å². The molecule has 14 heavy (non-hydrogen) atoms. The quantitative estimate of drug-likeness (QED) is 0.560. The fraction of sp³-hybridized carbons (Fsp3) is 0.800. The lowest BCUT2D eigenvalue weighted by molar-refractivity contribution is -0.125. The highest BCUT2D eigenvalue weighted by Gasteiger charge is 2.03. The molecule has 0 rings (SSSR count). The Labute approximate surface area is 85.4 Å². The van der Waals surface area contributed by atoms with Crippen LogP contribution in [-0.4, -0.2) is 31.3 Å². The van der Waals surface area contributed by atoms with Gasteiger partial charge < -0.3 is 10.6 Å². The molecule has 0 aromatic carbocycles. The molecule has 0 atom stereocenters. The third-order valence-corrected chi connectivity index (χ3v) is 1.90. The topological polar surface area (TPSA) is 58.2 Å². The minimum atomic E-state index is -0.0373. The number of hydrogen-bond acceptors (Lipinski definition) is 3. The summed E-state index contributed by atoms with van der Waals surface area (Å²) >= 11 is 0. The van der Waals surface area contributed by atoms with Gasteiger partial charge in [0.2, 0.25) is 5.91 Å². The summed E-state index contributed by atoms with van der Waals surface area (Å²) < 4.78 is 0. The van der Waals surface area contributed by atoms with Crippen LogP contribution in [0, 0.1) is 0 Å². The van der Waals surface area contributed by atoms with E-state index in [4.69, 9.17) is 0 Å². The molecule has 0 spiro atoms. The third-order valence-electron chi connectivity index (χ3n) is 1.90. The van der Waals surface area contributed by atoms with Gasteiger partial charge >= 0.3 is 0 Å². The Bertz CT molecular complexity index is 181. The third kappa shape index (κ3) is 7.73. The molecule has 0 saturated heterocycles. The van der Waals surface area contributed by atoms with E-state index in [9.17, 15) is 9.59 Å². The zero-order valence-electron chi connectivity index (χ0n) is 9.06. The standard InChI is InChI=1S/C10H20N2O2/c1-3-9(13)5-6-10(14)12-8-7-11-4-2/h11H,3-8H2,1-2H3,(H,12,14). The zero-order chi connectivity index (χ0) is 10.8. The van der Waals surface area contributed by atoms with Crippen LogP contribution in [0.4, 0.5) is 0 Å². The van der Waals surface area contributed by atoms with Crippen molar-refractivity contribution in [3.63, 3.8) is 0 Å². The summed E-state index contributed by atoms with van der Waals surface area (Å²) in [6.45, 7) is 6.15. The van der Waals surface area contributed by atoms with E-state index in [0.29, 0.717) is 25.8 Å². The second kappa shape index (κ2) is 8.69. The summed E-state index contributed by atoms with van der Waals surface area (Å²) in [4.78, 5) is 22.0. The lowest BCUT2D eigenvalue weighted by Gasteiger charge is -2.04. The molecule has 0 fully saturated rings. The summed E-state index contributed by atoms with van der Waals surface area (Å²) in [6.07, 6.45) is 1.20. The number of Topliss-reactive ketones (excluding diaryl/α,β-unsaturated/α-hetero) is 1. The van der Waals surface area contributed by atoms with Crippen LogP contribution >= 0.6 is 0 Å². The average Bonchev–Trinajstić information content (AvgIpc) is 2.21. The van der Waals surface area contributed by atoms with Gasteiger partial charge in [-0.3, -0.25) is 9.59 Å². The summed E-state index contributed by atoms with van der Waals surface area (Å²) in [5.41, 5.74) is 0. The molecule has 4 heteroatoms. The van der Waals surface area contributed by atoms with Crippen molar-refractivity contribution < 1.29 is 9.59 Å². The first kappa shape index (κ1) is 13.1. The number of amides is 1. The minimum absolute atomic E-state index is 0.0373. The number of rotatable bonds is 8. The number of carbonyl (C=O) groups is 2. The molecule has 0 aromatic rings. The van der Waals surface area contributed by atoms with Gasteiger partial charge in [0.05, 0.1) is 0 Å². The lowest BCUT2D eigenvalue weighted by Crippen LogP contribution is -2.31. The molecule has 1 amide bonds. The molecule has 82 valence electrons. The Balaban J connectivity index is 3.32. The summed E-state index contributed by atoms with van der Waals surface area (Å²) in [5.74, 6) is 0.108. The SMILES string of the molecule is CCNCCNC(=O)CCC(=O)CC. The number of likely N-dealkylation sites (N-methyl/N-ethyl adjacent to an activating group) is 1. The maximum Gasteiger partial charge on any atom is 0.220 e. The number of carbonyl (C=O) groups excluding carboxylic acids is 2. The Morgan fingerprint density at radius 3 is 2.36 bits per heavy atom. The van der Waals surface area contributed by atoms with Crippen molar-refractivity contribution in [2.24, 2.45) is 0 Å². The molecule has 0 heterocycles. The fourth-order valence-electron chi connectivity index (χ4n) is 0.985. The van der Waals surface area contributed by atoms with Crippen LogP contribution in [0.25, 0.3) is 0 Å². The van der Waals surface area contributed by atoms with E-state index in [-0.39, 0.29) is 11.7 Å². The van der Waals surface area contributed by atoms with Crippen LogP contribution in [0.2, 0.25) is 0 Å². The molecule has 0 aromatic heterocycles. The summed E-state index contributed by atoms with van der Waals surface area (Å²) in [7, 11) is 0. The summed E-state index contributed by atoms with van der Waals surface area (Å²) in [5, 5.41) is 5.84. The van der Waals surface area contributed by atoms with Gasteiger partial charge in [-0.2, -0.15) is 0 Å². The van der Waals surface area contributed by atoms with Gasteiger partial charge in [0.25, 0.3) is 0 Å². The molecule has 0 aliphatic carbocycles. The van der Waals surface area contributed by atoms with Crippen molar-refractivity contribution in [3.05, 3.63) is 0 Å². The van der Waals surface area contributed by atoms with E-state index in [1.54, 1.807) is 0 Å². The van der Waals surface area contributed by atoms with E-state index < -0.39 is 0 Å². The number of nitrogens with one attached hydrogen (secondary N) is 2. The van der Waals surface area contributed by atoms with Crippen molar-refractivity contribution in [1.82, 2.24) is 10.6 Å². The minimum Gasteiger partial charge on any atom is -0.355 e. The first-order chi connectivity index (χ1) is 6.70. The number of ketones is 1. The van der Waals surface area contributed by atoms with Crippen molar-refractivity contribution in [2.75, 3.05) is 19.6 Å². The molecule has 0 unspecified atom stereocenters. The second-order valence-electron chi connectivity index (χ2n) is 3.10. The monoisotopic (exact) mass is 200 g/mol. The second-order valence-corrected chi connectivity index (χ2v) is 3.10. The average molecular weight is 200 g/mol. The normalized spacial score (nSPS) is 9.86. The first-order valence-electron chi connectivity index (χ1n) is 5.19. The molecule has 0 radical (unpaired) electrons. The van der Waals surface area contributed by atoms with E-state index in [1.807, 2.05) is 13.8 Å². The highest BCUT2D eigenvalue weighted by molar-refractivity contribution is 5.84. The van der Waals surface area contributed by atoms with E-state index in [0.717, 1.165) is 13.1 Å². The maximum atomic E-state index is 11.1. The Morgan fingerprint density at radius 1 is 1.07 bits per heavy atom. The van der Waals surface area contributed by atoms with Crippen LogP contribution in [-0.2, 0) is 9.59 Å². The molecule has 0 aliphatic heterocycles. The van der Waals surface area contributed by atoms with Gasteiger partial charge in [-0.15, -0.1) is 0 Å². The van der Waals surface area contributed by atoms with Crippen LogP contribution in [0.3, 0.4) is 0 Å². The molecule has 0 saturated carbocycles. The highest BCUT2D eigenvalue weighted by Crippen LogP contribution is 1.93. The number of hydrogen-bond donors (Lipinski definition) is 2. The van der Waals surface area contributed by atoms with Crippen LogP contribution in [0.15, 0.2) is 0 Å². The first-order valence-corrected chi connectivity index (χ1v) is 5.19. The van der Waals surface area contributed by atoms with Gasteiger partial charge in [-0.1, -0.05) is 13.8 Å². The Hall–Kier alpha value is -0.900. The smallest absolute Gasteiger partial charge is 0.220 e.